The van der Waals surface area contributed by atoms with Crippen molar-refractivity contribution in [1.82, 2.24) is 9.78 Å². The molecule has 1 aromatic carbocycles. The van der Waals surface area contributed by atoms with E-state index in [0.717, 1.165) is 5.69 Å². The van der Waals surface area contributed by atoms with E-state index in [1.54, 1.807) is 24.4 Å². The molecule has 7 heteroatoms. The maximum absolute atomic E-state index is 12.8. The number of fused-ring (bicyclic) bond motifs is 1. The standard InChI is InChI=1S/C17H18N4O2S/c1-4-13(22)15-12-9-24-16(18)14(12)17(23)21(19-15)11-7-5-10(6-8-11)20(2)3/h5-9H,4,18H2,1-3H3. The van der Waals surface area contributed by atoms with E-state index in [9.17, 15) is 9.59 Å². The minimum absolute atomic E-state index is 0.114. The molecule has 0 bridgehead atoms. The second-order valence-corrected chi connectivity index (χ2v) is 6.55. The molecule has 0 aliphatic carbocycles. The SMILES string of the molecule is CCC(=O)c1nn(-c2ccc(N(C)C)cc2)c(=O)c2c(N)scc12. The van der Waals surface area contributed by atoms with Crippen molar-refractivity contribution < 1.29 is 4.79 Å². The van der Waals surface area contributed by atoms with Gasteiger partial charge < -0.3 is 10.6 Å². The van der Waals surface area contributed by atoms with Crippen LogP contribution in [0.15, 0.2) is 34.4 Å². The predicted octanol–water partition coefficient (Wildman–Crippen LogP) is 2.69. The average Bonchev–Trinajstić information content (AvgIpc) is 2.97. The molecule has 0 radical (unpaired) electrons. The Kier molecular flexibility index (Phi) is 4.11. The predicted molar refractivity (Wildman–Crippen MR) is 98.6 cm³/mol. The number of nitrogen functional groups attached to an aromatic ring is 1. The van der Waals surface area contributed by atoms with E-state index >= 15 is 0 Å². The first-order valence-electron chi connectivity index (χ1n) is 7.55. The zero-order valence-corrected chi connectivity index (χ0v) is 14.6. The highest BCUT2D eigenvalue weighted by atomic mass is 32.1. The summed E-state index contributed by atoms with van der Waals surface area (Å²) in [5, 5.41) is 7.35. The van der Waals surface area contributed by atoms with Gasteiger partial charge in [0.05, 0.1) is 16.1 Å². The van der Waals surface area contributed by atoms with Gasteiger partial charge in [-0.3, -0.25) is 9.59 Å². The normalized spacial score (nSPS) is 11.0. The minimum Gasteiger partial charge on any atom is -0.390 e. The Bertz CT molecular complexity index is 971. The number of hydrogen-bond donors (Lipinski definition) is 1. The van der Waals surface area contributed by atoms with Gasteiger partial charge in [0.25, 0.3) is 5.56 Å². The molecule has 0 saturated carbocycles. The van der Waals surface area contributed by atoms with E-state index in [1.807, 2.05) is 31.1 Å². The minimum atomic E-state index is -0.311. The van der Waals surface area contributed by atoms with E-state index in [4.69, 9.17) is 5.73 Å². The van der Waals surface area contributed by atoms with Crippen LogP contribution in [0.25, 0.3) is 16.5 Å². The summed E-state index contributed by atoms with van der Waals surface area (Å²) in [5.74, 6) is -0.114. The van der Waals surface area contributed by atoms with Crippen molar-refractivity contribution in [2.75, 3.05) is 24.7 Å². The Morgan fingerprint density at radius 3 is 2.54 bits per heavy atom. The van der Waals surface area contributed by atoms with E-state index < -0.39 is 0 Å². The van der Waals surface area contributed by atoms with Crippen molar-refractivity contribution in [1.29, 1.82) is 0 Å². The average molecular weight is 342 g/mol. The number of benzene rings is 1. The van der Waals surface area contributed by atoms with Crippen LogP contribution in [0.2, 0.25) is 0 Å². The number of thiophene rings is 1. The number of carbonyl (C=O) groups is 1. The van der Waals surface area contributed by atoms with E-state index in [-0.39, 0.29) is 17.0 Å². The molecule has 0 atom stereocenters. The lowest BCUT2D eigenvalue weighted by Crippen LogP contribution is -2.24. The van der Waals surface area contributed by atoms with Gasteiger partial charge in [0, 0.05) is 37.0 Å². The van der Waals surface area contributed by atoms with Gasteiger partial charge in [0.1, 0.15) is 5.69 Å². The molecule has 0 aliphatic rings. The molecule has 0 spiro atoms. The lowest BCUT2D eigenvalue weighted by atomic mass is 10.1. The number of rotatable bonds is 4. The van der Waals surface area contributed by atoms with Gasteiger partial charge >= 0.3 is 0 Å². The molecule has 2 aromatic heterocycles. The summed E-state index contributed by atoms with van der Waals surface area (Å²) in [6, 6.07) is 7.40. The quantitative estimate of drug-likeness (QED) is 0.737. The lowest BCUT2D eigenvalue weighted by Gasteiger charge is -2.13. The Balaban J connectivity index is 2.28. The number of nitrogens with zero attached hydrogens (tertiary/aromatic N) is 3. The fourth-order valence-electron chi connectivity index (χ4n) is 2.51. The van der Waals surface area contributed by atoms with Crippen LogP contribution in [0.1, 0.15) is 23.8 Å². The summed E-state index contributed by atoms with van der Waals surface area (Å²) in [4.78, 5) is 27.0. The highest BCUT2D eigenvalue weighted by Gasteiger charge is 2.19. The van der Waals surface area contributed by atoms with Gasteiger partial charge in [-0.2, -0.15) is 9.78 Å². The molecule has 0 amide bonds. The summed E-state index contributed by atoms with van der Waals surface area (Å²) >= 11 is 1.25. The monoisotopic (exact) mass is 342 g/mol. The Morgan fingerprint density at radius 2 is 1.96 bits per heavy atom. The van der Waals surface area contributed by atoms with E-state index in [2.05, 4.69) is 5.10 Å². The summed E-state index contributed by atoms with van der Waals surface area (Å²) in [6.07, 6.45) is 0.315. The third-order valence-corrected chi connectivity index (χ3v) is 4.69. The first kappa shape index (κ1) is 16.2. The number of anilines is 2. The number of ketones is 1. The molecular formula is C17H18N4O2S. The summed E-state index contributed by atoms with van der Waals surface area (Å²) < 4.78 is 1.26. The Hall–Kier alpha value is -2.67. The fourth-order valence-corrected chi connectivity index (χ4v) is 3.30. The van der Waals surface area contributed by atoms with Crippen LogP contribution in [0, 0.1) is 0 Å². The molecule has 2 heterocycles. The molecule has 24 heavy (non-hydrogen) atoms. The van der Waals surface area contributed by atoms with E-state index in [1.165, 1.54) is 16.0 Å². The zero-order chi connectivity index (χ0) is 17.4. The number of Topliss-reactive ketones (excluding diaryl/α,β-unsaturated/α-hetero) is 1. The first-order valence-corrected chi connectivity index (χ1v) is 8.43. The smallest absolute Gasteiger partial charge is 0.282 e. The summed E-state index contributed by atoms with van der Waals surface area (Å²) in [7, 11) is 3.88. The summed E-state index contributed by atoms with van der Waals surface area (Å²) in [5.41, 5.74) is 7.54. The second-order valence-electron chi connectivity index (χ2n) is 5.64. The highest BCUT2D eigenvalue weighted by Crippen LogP contribution is 2.28. The van der Waals surface area contributed by atoms with Gasteiger partial charge in [-0.25, -0.2) is 0 Å². The molecule has 2 N–H and O–H groups in total. The summed E-state index contributed by atoms with van der Waals surface area (Å²) in [6.45, 7) is 1.77. The third kappa shape index (κ3) is 2.56. The number of hydrogen-bond acceptors (Lipinski definition) is 6. The van der Waals surface area contributed by atoms with Crippen molar-refractivity contribution >= 4 is 38.6 Å². The van der Waals surface area contributed by atoms with Crippen molar-refractivity contribution in [3.63, 3.8) is 0 Å². The van der Waals surface area contributed by atoms with Gasteiger partial charge in [-0.05, 0) is 24.3 Å². The molecule has 3 rings (SSSR count). The molecule has 124 valence electrons. The van der Waals surface area contributed by atoms with Crippen molar-refractivity contribution in [2.24, 2.45) is 0 Å². The molecule has 0 aliphatic heterocycles. The molecule has 6 nitrogen and oxygen atoms in total. The van der Waals surface area contributed by atoms with Crippen LogP contribution in [-0.2, 0) is 0 Å². The van der Waals surface area contributed by atoms with E-state index in [0.29, 0.717) is 27.9 Å². The topological polar surface area (TPSA) is 81.2 Å². The maximum atomic E-state index is 12.8. The number of aromatic nitrogens is 2. The molecule has 0 saturated heterocycles. The van der Waals surface area contributed by atoms with Crippen molar-refractivity contribution in [3.8, 4) is 5.69 Å². The van der Waals surface area contributed by atoms with Crippen LogP contribution >= 0.6 is 11.3 Å². The molecule has 0 fully saturated rings. The largest absolute Gasteiger partial charge is 0.390 e. The Morgan fingerprint density at radius 1 is 1.29 bits per heavy atom. The van der Waals surface area contributed by atoms with Gasteiger partial charge in [0.15, 0.2) is 5.78 Å². The van der Waals surface area contributed by atoms with Crippen LogP contribution in [0.5, 0.6) is 0 Å². The maximum Gasteiger partial charge on any atom is 0.282 e. The van der Waals surface area contributed by atoms with Crippen LogP contribution in [0.3, 0.4) is 0 Å². The zero-order valence-electron chi connectivity index (χ0n) is 13.7. The van der Waals surface area contributed by atoms with Crippen LogP contribution in [0.4, 0.5) is 10.7 Å². The molecular weight excluding hydrogens is 324 g/mol. The van der Waals surface area contributed by atoms with Gasteiger partial charge in [-0.1, -0.05) is 6.92 Å². The third-order valence-electron chi connectivity index (χ3n) is 3.88. The number of carbonyl (C=O) groups excluding carboxylic acids is 1. The molecule has 3 aromatic rings. The van der Waals surface area contributed by atoms with Crippen molar-refractivity contribution in [2.45, 2.75) is 13.3 Å². The Labute approximate surface area is 143 Å². The number of nitrogens with two attached hydrogens (primary N) is 1. The molecule has 0 unspecified atom stereocenters. The van der Waals surface area contributed by atoms with Crippen LogP contribution in [-0.4, -0.2) is 29.7 Å². The second kappa shape index (κ2) is 6.09. The van der Waals surface area contributed by atoms with Crippen LogP contribution < -0.4 is 16.2 Å². The highest BCUT2D eigenvalue weighted by molar-refractivity contribution is 7.15. The first-order chi connectivity index (χ1) is 11.4. The van der Waals surface area contributed by atoms with Crippen molar-refractivity contribution in [3.05, 3.63) is 45.7 Å². The van der Waals surface area contributed by atoms with Gasteiger partial charge in [-0.15, -0.1) is 11.3 Å². The van der Waals surface area contributed by atoms with Gasteiger partial charge in [0.2, 0.25) is 0 Å². The fraction of sp³-hybridized carbons (Fsp3) is 0.235. The lowest BCUT2D eigenvalue weighted by molar-refractivity contribution is 0.0983.